The topological polar surface area (TPSA) is 40.5 Å². The second-order valence-electron chi connectivity index (χ2n) is 6.99. The molecule has 3 nitrogen and oxygen atoms in total. The minimum Gasteiger partial charge on any atom is -0.396 e. The number of aliphatic hydroxyl groups excluding tert-OH is 1. The minimum absolute atomic E-state index is 0.0601. The summed E-state index contributed by atoms with van der Waals surface area (Å²) in [6, 6.07) is 14.3. The molecule has 1 aliphatic rings. The van der Waals surface area contributed by atoms with E-state index in [1.165, 1.54) is 12.1 Å². The third-order valence-corrected chi connectivity index (χ3v) is 5.13. The summed E-state index contributed by atoms with van der Waals surface area (Å²) in [6.45, 7) is 1.30. The fraction of sp³-hybridized carbons (Fsp3) is 0.227. The van der Waals surface area contributed by atoms with Gasteiger partial charge in [-0.25, -0.2) is 8.78 Å². The highest BCUT2D eigenvalue weighted by Crippen LogP contribution is 2.31. The van der Waals surface area contributed by atoms with E-state index in [1.807, 2.05) is 30.3 Å². The molecule has 0 aliphatic carbocycles. The van der Waals surface area contributed by atoms with E-state index in [0.717, 1.165) is 23.3 Å². The molecule has 0 bridgehead atoms. The normalized spacial score (nSPS) is 16.9. The van der Waals surface area contributed by atoms with Crippen LogP contribution in [-0.2, 0) is 0 Å². The Labute approximate surface area is 155 Å². The van der Waals surface area contributed by atoms with Crippen molar-refractivity contribution in [1.29, 1.82) is 0 Å². The number of benzene rings is 3. The summed E-state index contributed by atoms with van der Waals surface area (Å²) in [7, 11) is 0. The Hall–Kier alpha value is -2.79. The first-order chi connectivity index (χ1) is 13.0. The summed E-state index contributed by atoms with van der Waals surface area (Å²) in [5, 5.41) is 10.9. The van der Waals surface area contributed by atoms with Gasteiger partial charge in [-0.3, -0.25) is 4.79 Å². The molecule has 0 spiro atoms. The third kappa shape index (κ3) is 3.43. The smallest absolute Gasteiger partial charge is 0.253 e. The Balaban J connectivity index is 1.71. The van der Waals surface area contributed by atoms with Crippen molar-refractivity contribution >= 4 is 16.7 Å². The first-order valence-electron chi connectivity index (χ1n) is 8.94. The highest BCUT2D eigenvalue weighted by molar-refractivity contribution is 6.02. The molecule has 1 aliphatic heterocycles. The number of hydrogen-bond donors (Lipinski definition) is 1. The van der Waals surface area contributed by atoms with Crippen LogP contribution in [0.25, 0.3) is 21.9 Å². The summed E-state index contributed by atoms with van der Waals surface area (Å²) in [5.41, 5.74) is 1.75. The van der Waals surface area contributed by atoms with E-state index in [-0.39, 0.29) is 18.4 Å². The van der Waals surface area contributed by atoms with Gasteiger partial charge in [0.2, 0.25) is 0 Å². The summed E-state index contributed by atoms with van der Waals surface area (Å²) in [6.07, 6.45) is 0.811. The van der Waals surface area contributed by atoms with E-state index in [4.69, 9.17) is 0 Å². The molecule has 0 radical (unpaired) electrons. The summed E-state index contributed by atoms with van der Waals surface area (Å²) >= 11 is 0. The lowest BCUT2D eigenvalue weighted by atomic mass is 9.96. The van der Waals surface area contributed by atoms with Gasteiger partial charge < -0.3 is 10.0 Å². The van der Waals surface area contributed by atoms with Crippen molar-refractivity contribution in [3.63, 3.8) is 0 Å². The van der Waals surface area contributed by atoms with E-state index in [0.29, 0.717) is 29.8 Å². The second kappa shape index (κ2) is 7.08. The zero-order valence-electron chi connectivity index (χ0n) is 14.7. The molecule has 1 saturated heterocycles. The molecule has 0 aromatic heterocycles. The SMILES string of the molecule is O=C(c1ccc2c(-c3cc(F)cc(F)c3)cccc2c1)N1CCC(CO)C1. The maximum atomic E-state index is 13.6. The Bertz CT molecular complexity index is 998. The van der Waals surface area contributed by atoms with Gasteiger partial charge in [0.25, 0.3) is 5.91 Å². The third-order valence-electron chi connectivity index (χ3n) is 5.13. The van der Waals surface area contributed by atoms with Crippen LogP contribution >= 0.6 is 0 Å². The number of hydrogen-bond acceptors (Lipinski definition) is 2. The van der Waals surface area contributed by atoms with Gasteiger partial charge in [-0.1, -0.05) is 24.3 Å². The maximum absolute atomic E-state index is 13.6. The number of aliphatic hydroxyl groups is 1. The molecule has 1 N–H and O–H groups in total. The van der Waals surface area contributed by atoms with Crippen LogP contribution < -0.4 is 0 Å². The van der Waals surface area contributed by atoms with Crippen LogP contribution in [0, 0.1) is 17.6 Å². The van der Waals surface area contributed by atoms with E-state index in [2.05, 4.69) is 0 Å². The fourth-order valence-electron chi connectivity index (χ4n) is 3.73. The lowest BCUT2D eigenvalue weighted by molar-refractivity contribution is 0.0782. The summed E-state index contributed by atoms with van der Waals surface area (Å²) < 4.78 is 27.2. The summed E-state index contributed by atoms with van der Waals surface area (Å²) in [4.78, 5) is 14.5. The monoisotopic (exact) mass is 367 g/mol. The van der Waals surface area contributed by atoms with Gasteiger partial charge in [0.05, 0.1) is 0 Å². The molecule has 138 valence electrons. The molecule has 1 heterocycles. The Morgan fingerprint density at radius 1 is 1.07 bits per heavy atom. The van der Waals surface area contributed by atoms with Crippen molar-refractivity contribution in [3.05, 3.63) is 71.8 Å². The maximum Gasteiger partial charge on any atom is 0.253 e. The van der Waals surface area contributed by atoms with E-state index in [9.17, 15) is 18.7 Å². The number of rotatable bonds is 3. The molecule has 1 unspecified atom stereocenters. The number of amides is 1. The summed E-state index contributed by atoms with van der Waals surface area (Å²) in [5.74, 6) is -1.17. The average molecular weight is 367 g/mol. The molecule has 4 rings (SSSR count). The fourth-order valence-corrected chi connectivity index (χ4v) is 3.73. The quantitative estimate of drug-likeness (QED) is 0.752. The molecule has 0 saturated carbocycles. The van der Waals surface area contributed by atoms with Gasteiger partial charge in [0, 0.05) is 37.2 Å². The number of fused-ring (bicyclic) bond motifs is 1. The second-order valence-corrected chi connectivity index (χ2v) is 6.99. The Kier molecular flexibility index (Phi) is 4.62. The van der Waals surface area contributed by atoms with E-state index >= 15 is 0 Å². The van der Waals surface area contributed by atoms with Crippen LogP contribution in [0.5, 0.6) is 0 Å². The van der Waals surface area contributed by atoms with Gasteiger partial charge >= 0.3 is 0 Å². The predicted molar refractivity (Wildman–Crippen MR) is 100 cm³/mol. The van der Waals surface area contributed by atoms with Crippen molar-refractivity contribution < 1.29 is 18.7 Å². The zero-order chi connectivity index (χ0) is 19.0. The first-order valence-corrected chi connectivity index (χ1v) is 8.94. The van der Waals surface area contributed by atoms with Crippen LogP contribution in [-0.4, -0.2) is 35.6 Å². The predicted octanol–water partition coefficient (Wildman–Crippen LogP) is 4.24. The number of nitrogens with zero attached hydrogens (tertiary/aromatic N) is 1. The molecular weight excluding hydrogens is 348 g/mol. The number of carbonyl (C=O) groups is 1. The van der Waals surface area contributed by atoms with E-state index in [1.54, 1.807) is 11.0 Å². The average Bonchev–Trinajstić information content (AvgIpc) is 3.15. The Morgan fingerprint density at radius 3 is 2.56 bits per heavy atom. The highest BCUT2D eigenvalue weighted by atomic mass is 19.1. The molecule has 3 aromatic carbocycles. The lowest BCUT2D eigenvalue weighted by Crippen LogP contribution is -2.29. The number of halogens is 2. The zero-order valence-corrected chi connectivity index (χ0v) is 14.7. The molecule has 5 heteroatoms. The van der Waals surface area contributed by atoms with Gasteiger partial charge in [0.15, 0.2) is 0 Å². The van der Waals surface area contributed by atoms with Gasteiger partial charge in [-0.05, 0) is 52.6 Å². The van der Waals surface area contributed by atoms with Crippen molar-refractivity contribution in [2.75, 3.05) is 19.7 Å². The molecule has 1 atom stereocenters. The van der Waals surface area contributed by atoms with Crippen LogP contribution in [0.3, 0.4) is 0 Å². The Morgan fingerprint density at radius 2 is 1.85 bits per heavy atom. The standard InChI is InChI=1S/C22H19F2NO2/c23-18-9-17(10-19(24)11-18)20-3-1-2-15-8-16(4-5-21(15)20)22(27)25-7-6-14(12-25)13-26/h1-5,8-11,14,26H,6-7,12-13H2. The molecule has 3 aromatic rings. The molecule has 1 amide bonds. The van der Waals surface area contributed by atoms with Crippen molar-refractivity contribution in [2.24, 2.45) is 5.92 Å². The van der Waals surface area contributed by atoms with E-state index < -0.39 is 11.6 Å². The van der Waals surface area contributed by atoms with Crippen molar-refractivity contribution in [1.82, 2.24) is 4.90 Å². The van der Waals surface area contributed by atoms with Crippen LogP contribution in [0.2, 0.25) is 0 Å². The lowest BCUT2D eigenvalue weighted by Gasteiger charge is -2.17. The van der Waals surface area contributed by atoms with Gasteiger partial charge in [0.1, 0.15) is 11.6 Å². The molecular formula is C22H19F2NO2. The first kappa shape index (κ1) is 17.6. The van der Waals surface area contributed by atoms with Crippen LogP contribution in [0.4, 0.5) is 8.78 Å². The van der Waals surface area contributed by atoms with Gasteiger partial charge in [-0.15, -0.1) is 0 Å². The van der Waals surface area contributed by atoms with Crippen LogP contribution in [0.1, 0.15) is 16.8 Å². The number of carbonyl (C=O) groups excluding carboxylic acids is 1. The van der Waals surface area contributed by atoms with Crippen molar-refractivity contribution in [3.8, 4) is 11.1 Å². The minimum atomic E-state index is -0.624. The number of likely N-dealkylation sites (tertiary alicyclic amines) is 1. The van der Waals surface area contributed by atoms with Crippen molar-refractivity contribution in [2.45, 2.75) is 6.42 Å². The highest BCUT2D eigenvalue weighted by Gasteiger charge is 2.26. The van der Waals surface area contributed by atoms with Gasteiger partial charge in [-0.2, -0.15) is 0 Å². The molecule has 1 fully saturated rings. The largest absolute Gasteiger partial charge is 0.396 e. The molecule has 27 heavy (non-hydrogen) atoms. The van der Waals surface area contributed by atoms with Crippen LogP contribution in [0.15, 0.2) is 54.6 Å².